The average molecular weight is 271 g/mol. The highest BCUT2D eigenvalue weighted by molar-refractivity contribution is 5.75. The van der Waals surface area contributed by atoms with E-state index in [2.05, 4.69) is 10.6 Å². The number of ether oxygens (including phenoxy) is 1. The van der Waals surface area contributed by atoms with Crippen molar-refractivity contribution in [2.75, 3.05) is 33.3 Å². The first-order valence-corrected chi connectivity index (χ1v) is 7.03. The van der Waals surface area contributed by atoms with E-state index in [0.29, 0.717) is 19.1 Å². The number of piperidine rings is 1. The summed E-state index contributed by atoms with van der Waals surface area (Å²) in [5, 5.41) is 6.04. The molecule has 0 aromatic heterocycles. The second kappa shape index (κ2) is 8.74. The van der Waals surface area contributed by atoms with Gasteiger partial charge in [-0.1, -0.05) is 0 Å². The van der Waals surface area contributed by atoms with Gasteiger partial charge in [0.05, 0.1) is 6.61 Å². The van der Waals surface area contributed by atoms with Crippen LogP contribution >= 0.6 is 0 Å². The summed E-state index contributed by atoms with van der Waals surface area (Å²) in [5.41, 5.74) is 0. The third-order valence-electron chi connectivity index (χ3n) is 3.31. The fourth-order valence-corrected chi connectivity index (χ4v) is 2.16. The molecule has 0 aromatic carbocycles. The summed E-state index contributed by atoms with van der Waals surface area (Å²) in [6.45, 7) is 4.57. The maximum absolute atomic E-state index is 11.5. The Bertz CT molecular complexity index is 289. The monoisotopic (exact) mass is 271 g/mol. The van der Waals surface area contributed by atoms with Crippen LogP contribution in [0, 0.1) is 0 Å². The van der Waals surface area contributed by atoms with E-state index in [0.717, 1.165) is 38.9 Å². The second-order valence-electron chi connectivity index (χ2n) is 4.69. The average Bonchev–Trinajstić information content (AvgIpc) is 2.44. The molecule has 0 unspecified atom stereocenters. The molecule has 0 aromatic rings. The van der Waals surface area contributed by atoms with Crippen LogP contribution < -0.4 is 10.6 Å². The summed E-state index contributed by atoms with van der Waals surface area (Å²) in [4.78, 5) is 24.3. The van der Waals surface area contributed by atoms with Gasteiger partial charge in [-0.25, -0.2) is 4.79 Å². The van der Waals surface area contributed by atoms with Gasteiger partial charge in [0.25, 0.3) is 0 Å². The van der Waals surface area contributed by atoms with Gasteiger partial charge < -0.3 is 20.3 Å². The SMILES string of the molecule is CCOC(=O)N1CCC(NCCCC(=O)NC)CC1. The first-order chi connectivity index (χ1) is 9.17. The largest absolute Gasteiger partial charge is 0.450 e. The predicted molar refractivity (Wildman–Crippen MR) is 72.9 cm³/mol. The molecule has 2 N–H and O–H groups in total. The molecule has 110 valence electrons. The molecule has 0 saturated carbocycles. The minimum atomic E-state index is -0.208. The third-order valence-corrected chi connectivity index (χ3v) is 3.31. The molecule has 1 aliphatic heterocycles. The van der Waals surface area contributed by atoms with Crippen LogP contribution in [0.3, 0.4) is 0 Å². The Morgan fingerprint density at radius 1 is 1.32 bits per heavy atom. The molecule has 1 fully saturated rings. The molecule has 19 heavy (non-hydrogen) atoms. The summed E-state index contributed by atoms with van der Waals surface area (Å²) < 4.78 is 4.98. The Morgan fingerprint density at radius 2 is 2.00 bits per heavy atom. The van der Waals surface area contributed by atoms with E-state index in [9.17, 15) is 9.59 Å². The number of likely N-dealkylation sites (tertiary alicyclic amines) is 1. The Kier molecular flexibility index (Phi) is 7.25. The van der Waals surface area contributed by atoms with Crippen LogP contribution in [-0.4, -0.2) is 56.2 Å². The summed E-state index contributed by atoms with van der Waals surface area (Å²) in [7, 11) is 1.65. The second-order valence-corrected chi connectivity index (χ2v) is 4.69. The molecular formula is C13H25N3O3. The van der Waals surface area contributed by atoms with Crippen molar-refractivity contribution in [2.45, 2.75) is 38.6 Å². The molecular weight excluding hydrogens is 246 g/mol. The Labute approximate surface area is 114 Å². The Morgan fingerprint density at radius 3 is 2.58 bits per heavy atom. The Balaban J connectivity index is 2.10. The van der Waals surface area contributed by atoms with E-state index in [-0.39, 0.29) is 12.0 Å². The number of nitrogens with one attached hydrogen (secondary N) is 2. The number of hydrogen-bond donors (Lipinski definition) is 2. The van der Waals surface area contributed by atoms with Gasteiger partial charge in [0.2, 0.25) is 5.91 Å². The fourth-order valence-electron chi connectivity index (χ4n) is 2.16. The number of hydrogen-bond acceptors (Lipinski definition) is 4. The molecule has 0 spiro atoms. The lowest BCUT2D eigenvalue weighted by Gasteiger charge is -2.31. The van der Waals surface area contributed by atoms with Crippen molar-refractivity contribution in [1.82, 2.24) is 15.5 Å². The quantitative estimate of drug-likeness (QED) is 0.698. The van der Waals surface area contributed by atoms with Crippen molar-refractivity contribution < 1.29 is 14.3 Å². The van der Waals surface area contributed by atoms with Crippen LogP contribution in [0.1, 0.15) is 32.6 Å². The van der Waals surface area contributed by atoms with Crippen molar-refractivity contribution in [3.8, 4) is 0 Å². The summed E-state index contributed by atoms with van der Waals surface area (Å²) in [5.74, 6) is 0.0823. The van der Waals surface area contributed by atoms with Crippen molar-refractivity contribution in [3.05, 3.63) is 0 Å². The summed E-state index contributed by atoms with van der Waals surface area (Å²) in [6, 6.07) is 0.440. The number of amides is 2. The molecule has 2 amide bonds. The molecule has 0 radical (unpaired) electrons. The van der Waals surface area contributed by atoms with Gasteiger partial charge >= 0.3 is 6.09 Å². The first kappa shape index (κ1) is 15.8. The molecule has 0 bridgehead atoms. The minimum Gasteiger partial charge on any atom is -0.450 e. The zero-order valence-corrected chi connectivity index (χ0v) is 11.9. The Hall–Kier alpha value is -1.30. The fraction of sp³-hybridized carbons (Fsp3) is 0.846. The van der Waals surface area contributed by atoms with E-state index in [1.165, 1.54) is 0 Å². The van der Waals surface area contributed by atoms with Crippen LogP contribution in [0.2, 0.25) is 0 Å². The molecule has 0 atom stereocenters. The predicted octanol–water partition coefficient (Wildman–Crippen LogP) is 0.723. The lowest BCUT2D eigenvalue weighted by atomic mass is 10.1. The molecule has 6 heteroatoms. The highest BCUT2D eigenvalue weighted by atomic mass is 16.6. The van der Waals surface area contributed by atoms with Crippen LogP contribution in [0.5, 0.6) is 0 Å². The van der Waals surface area contributed by atoms with Crippen LogP contribution in [-0.2, 0) is 9.53 Å². The topological polar surface area (TPSA) is 70.7 Å². The zero-order chi connectivity index (χ0) is 14.1. The van der Waals surface area contributed by atoms with Gasteiger partial charge in [-0.2, -0.15) is 0 Å². The van der Waals surface area contributed by atoms with Crippen molar-refractivity contribution in [2.24, 2.45) is 0 Å². The number of carbonyl (C=O) groups excluding carboxylic acids is 2. The van der Waals surface area contributed by atoms with Crippen LogP contribution in [0.4, 0.5) is 4.79 Å². The zero-order valence-electron chi connectivity index (χ0n) is 11.9. The standard InChI is InChI=1S/C13H25N3O3/c1-3-19-13(18)16-9-6-11(7-10-16)15-8-4-5-12(17)14-2/h11,15H,3-10H2,1-2H3,(H,14,17). The number of carbonyl (C=O) groups is 2. The molecule has 1 rings (SSSR count). The van der Waals surface area contributed by atoms with Crippen LogP contribution in [0.25, 0.3) is 0 Å². The third kappa shape index (κ3) is 5.92. The smallest absolute Gasteiger partial charge is 0.409 e. The lowest BCUT2D eigenvalue weighted by Crippen LogP contribution is -2.45. The minimum absolute atomic E-state index is 0.0823. The van der Waals surface area contributed by atoms with Gasteiger partial charge in [0.1, 0.15) is 0 Å². The maximum atomic E-state index is 11.5. The van der Waals surface area contributed by atoms with Gasteiger partial charge in [-0.3, -0.25) is 4.79 Å². The van der Waals surface area contributed by atoms with Crippen LogP contribution in [0.15, 0.2) is 0 Å². The van der Waals surface area contributed by atoms with Crippen molar-refractivity contribution in [1.29, 1.82) is 0 Å². The van der Waals surface area contributed by atoms with E-state index in [1.54, 1.807) is 11.9 Å². The highest BCUT2D eigenvalue weighted by Gasteiger charge is 2.22. The highest BCUT2D eigenvalue weighted by Crippen LogP contribution is 2.11. The van der Waals surface area contributed by atoms with Crippen molar-refractivity contribution in [3.63, 3.8) is 0 Å². The summed E-state index contributed by atoms with van der Waals surface area (Å²) >= 11 is 0. The molecule has 1 aliphatic rings. The van der Waals surface area contributed by atoms with Gasteiger partial charge in [-0.15, -0.1) is 0 Å². The molecule has 1 heterocycles. The normalized spacial score (nSPS) is 16.2. The number of nitrogens with zero attached hydrogens (tertiary/aromatic N) is 1. The van der Waals surface area contributed by atoms with Gasteiger partial charge in [0.15, 0.2) is 0 Å². The van der Waals surface area contributed by atoms with Crippen molar-refractivity contribution >= 4 is 12.0 Å². The molecule has 6 nitrogen and oxygen atoms in total. The molecule has 0 aliphatic carbocycles. The van der Waals surface area contributed by atoms with E-state index >= 15 is 0 Å². The number of rotatable bonds is 6. The summed E-state index contributed by atoms with van der Waals surface area (Å²) in [6.07, 6.45) is 3.08. The maximum Gasteiger partial charge on any atom is 0.409 e. The van der Waals surface area contributed by atoms with Gasteiger partial charge in [-0.05, 0) is 32.7 Å². The first-order valence-electron chi connectivity index (χ1n) is 7.03. The molecule has 1 saturated heterocycles. The van der Waals surface area contributed by atoms with E-state index in [4.69, 9.17) is 4.74 Å². The van der Waals surface area contributed by atoms with E-state index in [1.807, 2.05) is 6.92 Å². The lowest BCUT2D eigenvalue weighted by molar-refractivity contribution is -0.120. The van der Waals surface area contributed by atoms with E-state index < -0.39 is 0 Å². The van der Waals surface area contributed by atoms with Gasteiger partial charge in [0, 0.05) is 32.6 Å².